The molecule has 3 heteroatoms. The number of rotatable bonds is 5. The number of hydrogen-bond acceptors (Lipinski definition) is 3. The number of ether oxygens (including phenoxy) is 1. The second-order valence-corrected chi connectivity index (χ2v) is 3.67. The van der Waals surface area contributed by atoms with Crippen LogP contribution in [0.25, 0.3) is 0 Å². The van der Waals surface area contributed by atoms with Gasteiger partial charge in [-0.15, -0.1) is 0 Å². The number of nitrogens with one attached hydrogen (secondary N) is 1. The van der Waals surface area contributed by atoms with Crippen LogP contribution >= 0.6 is 0 Å². The molecule has 0 saturated carbocycles. The molecule has 0 bridgehead atoms. The minimum atomic E-state index is -0.211. The maximum absolute atomic E-state index is 11.1. The van der Waals surface area contributed by atoms with E-state index >= 15 is 0 Å². The summed E-state index contributed by atoms with van der Waals surface area (Å²) in [6.07, 6.45) is 1.03. The average Bonchev–Trinajstić information content (AvgIpc) is 2.11. The van der Waals surface area contributed by atoms with E-state index in [0.29, 0.717) is 12.0 Å². The van der Waals surface area contributed by atoms with Crippen molar-refractivity contribution in [1.29, 1.82) is 0 Å². The van der Waals surface area contributed by atoms with Crippen molar-refractivity contribution in [2.45, 2.75) is 46.2 Å². The van der Waals surface area contributed by atoms with Crippen LogP contribution in [-0.2, 0) is 9.53 Å². The molecule has 0 heterocycles. The van der Waals surface area contributed by atoms with E-state index in [1.54, 1.807) is 0 Å². The summed E-state index contributed by atoms with van der Waals surface area (Å²) in [4.78, 5) is 11.1. The Labute approximate surface area is 80.8 Å². The molecular formula is C10H21NO2. The molecule has 78 valence electrons. The van der Waals surface area contributed by atoms with Crippen molar-refractivity contribution in [3.63, 3.8) is 0 Å². The van der Waals surface area contributed by atoms with Crippen molar-refractivity contribution < 1.29 is 9.53 Å². The zero-order chi connectivity index (χ0) is 10.4. The summed E-state index contributed by atoms with van der Waals surface area (Å²) < 4.78 is 4.64. The maximum atomic E-state index is 11.1. The van der Waals surface area contributed by atoms with E-state index in [2.05, 4.69) is 30.8 Å². The molecule has 0 amide bonds. The van der Waals surface area contributed by atoms with Gasteiger partial charge in [-0.2, -0.15) is 0 Å². The Morgan fingerprint density at radius 1 is 1.38 bits per heavy atom. The Morgan fingerprint density at radius 2 is 1.92 bits per heavy atom. The number of hydrogen-bond donors (Lipinski definition) is 1. The molecule has 0 aromatic heterocycles. The quantitative estimate of drug-likeness (QED) is 0.664. The molecule has 0 aliphatic rings. The molecule has 0 aromatic carbocycles. The van der Waals surface area contributed by atoms with Crippen LogP contribution in [0.2, 0.25) is 0 Å². The number of methoxy groups -OCH3 is 1. The van der Waals surface area contributed by atoms with Gasteiger partial charge in [0.1, 0.15) is 6.04 Å². The third kappa shape index (κ3) is 4.27. The van der Waals surface area contributed by atoms with Crippen molar-refractivity contribution in [2.24, 2.45) is 5.92 Å². The highest BCUT2D eigenvalue weighted by atomic mass is 16.5. The fourth-order valence-electron chi connectivity index (χ4n) is 1.35. The summed E-state index contributed by atoms with van der Waals surface area (Å²) >= 11 is 0. The normalized spacial score (nSPS) is 15.5. The molecular weight excluding hydrogens is 166 g/mol. The molecule has 0 saturated heterocycles. The third-order valence-corrected chi connectivity index (χ3v) is 2.26. The fourth-order valence-corrected chi connectivity index (χ4v) is 1.35. The third-order valence-electron chi connectivity index (χ3n) is 2.26. The molecule has 0 aliphatic heterocycles. The minimum Gasteiger partial charge on any atom is -0.468 e. The molecule has 2 unspecified atom stereocenters. The Balaban J connectivity index is 4.00. The van der Waals surface area contributed by atoms with Crippen molar-refractivity contribution in [3.8, 4) is 0 Å². The van der Waals surface area contributed by atoms with Crippen LogP contribution in [0.1, 0.15) is 34.1 Å². The summed E-state index contributed by atoms with van der Waals surface area (Å²) in [7, 11) is 1.41. The summed E-state index contributed by atoms with van der Waals surface area (Å²) in [5.41, 5.74) is 0. The molecule has 0 aromatic rings. The second kappa shape index (κ2) is 5.97. The predicted molar refractivity (Wildman–Crippen MR) is 53.5 cm³/mol. The van der Waals surface area contributed by atoms with Gasteiger partial charge < -0.3 is 10.1 Å². The van der Waals surface area contributed by atoms with Gasteiger partial charge >= 0.3 is 5.97 Å². The molecule has 13 heavy (non-hydrogen) atoms. The zero-order valence-corrected chi connectivity index (χ0v) is 9.26. The van der Waals surface area contributed by atoms with Crippen LogP contribution in [0, 0.1) is 5.92 Å². The summed E-state index contributed by atoms with van der Waals surface area (Å²) in [5, 5.41) is 3.24. The molecule has 0 aliphatic carbocycles. The van der Waals surface area contributed by atoms with E-state index in [0.717, 1.165) is 6.42 Å². The minimum absolute atomic E-state index is 0.195. The highest BCUT2D eigenvalue weighted by molar-refractivity contribution is 5.75. The Bertz CT molecular complexity index is 157. The van der Waals surface area contributed by atoms with E-state index in [1.165, 1.54) is 7.11 Å². The average molecular weight is 187 g/mol. The van der Waals surface area contributed by atoms with E-state index < -0.39 is 0 Å². The van der Waals surface area contributed by atoms with E-state index in [4.69, 9.17) is 0 Å². The molecule has 0 rings (SSSR count). The largest absolute Gasteiger partial charge is 0.468 e. The Morgan fingerprint density at radius 3 is 2.23 bits per heavy atom. The first kappa shape index (κ1) is 12.4. The van der Waals surface area contributed by atoms with Gasteiger partial charge in [0.05, 0.1) is 7.11 Å². The van der Waals surface area contributed by atoms with Gasteiger partial charge in [-0.1, -0.05) is 20.8 Å². The van der Waals surface area contributed by atoms with Crippen molar-refractivity contribution in [1.82, 2.24) is 5.32 Å². The van der Waals surface area contributed by atoms with Crippen LogP contribution in [0.15, 0.2) is 0 Å². The van der Waals surface area contributed by atoms with Gasteiger partial charge in [-0.3, -0.25) is 4.79 Å². The van der Waals surface area contributed by atoms with Crippen LogP contribution in [-0.4, -0.2) is 25.2 Å². The number of carbonyl (C=O) groups excluding carboxylic acids is 1. The van der Waals surface area contributed by atoms with Gasteiger partial charge in [-0.25, -0.2) is 0 Å². The lowest BCUT2D eigenvalue weighted by molar-refractivity contribution is -0.142. The fraction of sp³-hybridized carbons (Fsp3) is 0.900. The van der Waals surface area contributed by atoms with Gasteiger partial charge in [0.25, 0.3) is 0 Å². The van der Waals surface area contributed by atoms with Crippen molar-refractivity contribution in [3.05, 3.63) is 0 Å². The lowest BCUT2D eigenvalue weighted by atomic mass is 10.0. The maximum Gasteiger partial charge on any atom is 0.322 e. The zero-order valence-electron chi connectivity index (χ0n) is 9.26. The van der Waals surface area contributed by atoms with E-state index in [-0.39, 0.29) is 12.0 Å². The number of esters is 1. The van der Waals surface area contributed by atoms with Crippen molar-refractivity contribution >= 4 is 5.97 Å². The highest BCUT2D eigenvalue weighted by Crippen LogP contribution is 2.06. The SMILES string of the molecule is CCC(NC(C)C(=O)OC)C(C)C. The second-order valence-electron chi connectivity index (χ2n) is 3.67. The first-order chi connectivity index (χ1) is 6.02. The molecule has 2 atom stereocenters. The molecule has 0 radical (unpaired) electrons. The van der Waals surface area contributed by atoms with Crippen LogP contribution < -0.4 is 5.32 Å². The summed E-state index contributed by atoms with van der Waals surface area (Å²) in [6.45, 7) is 8.23. The first-order valence-corrected chi connectivity index (χ1v) is 4.86. The van der Waals surface area contributed by atoms with Crippen LogP contribution in [0.3, 0.4) is 0 Å². The van der Waals surface area contributed by atoms with Crippen LogP contribution in [0.5, 0.6) is 0 Å². The monoisotopic (exact) mass is 187 g/mol. The molecule has 1 N–H and O–H groups in total. The summed E-state index contributed by atoms with van der Waals surface area (Å²) in [6, 6.07) is 0.173. The van der Waals surface area contributed by atoms with Crippen molar-refractivity contribution in [2.75, 3.05) is 7.11 Å². The van der Waals surface area contributed by atoms with Gasteiger partial charge in [0.15, 0.2) is 0 Å². The van der Waals surface area contributed by atoms with Crippen LogP contribution in [0.4, 0.5) is 0 Å². The lowest BCUT2D eigenvalue weighted by Gasteiger charge is -2.23. The summed E-state index contributed by atoms with van der Waals surface area (Å²) in [5.74, 6) is 0.344. The smallest absolute Gasteiger partial charge is 0.322 e. The van der Waals surface area contributed by atoms with Gasteiger partial charge in [0.2, 0.25) is 0 Å². The topological polar surface area (TPSA) is 38.3 Å². The first-order valence-electron chi connectivity index (χ1n) is 4.86. The lowest BCUT2D eigenvalue weighted by Crippen LogP contribution is -2.44. The number of carbonyl (C=O) groups is 1. The molecule has 0 fully saturated rings. The standard InChI is InChI=1S/C10H21NO2/c1-6-9(7(2)3)11-8(4)10(12)13-5/h7-9,11H,6H2,1-5H3. The Kier molecular flexibility index (Phi) is 5.71. The van der Waals surface area contributed by atoms with Gasteiger partial charge in [-0.05, 0) is 19.3 Å². The molecule has 3 nitrogen and oxygen atoms in total. The predicted octanol–water partition coefficient (Wildman–Crippen LogP) is 1.57. The Hall–Kier alpha value is -0.570. The van der Waals surface area contributed by atoms with Gasteiger partial charge in [0, 0.05) is 6.04 Å². The molecule has 0 spiro atoms. The highest BCUT2D eigenvalue weighted by Gasteiger charge is 2.18. The van der Waals surface area contributed by atoms with E-state index in [1.807, 2.05) is 6.92 Å². The van der Waals surface area contributed by atoms with E-state index in [9.17, 15) is 4.79 Å².